The number of hydrogen-bond acceptors (Lipinski definition) is 10. The van der Waals surface area contributed by atoms with Crippen LogP contribution in [0.4, 0.5) is 0 Å². The highest BCUT2D eigenvalue weighted by Gasteiger charge is 2.52. The molecule has 1 aromatic carbocycles. The lowest BCUT2D eigenvalue weighted by Gasteiger charge is -2.48. The van der Waals surface area contributed by atoms with Crippen molar-refractivity contribution in [1.82, 2.24) is 25.0 Å². The third-order valence-electron chi connectivity index (χ3n) is 6.05. The van der Waals surface area contributed by atoms with E-state index in [-0.39, 0.29) is 12.1 Å². The molecule has 3 aromatic heterocycles. The minimum absolute atomic E-state index is 0.338. The van der Waals surface area contributed by atoms with E-state index in [1.807, 2.05) is 52.7 Å². The van der Waals surface area contributed by atoms with Gasteiger partial charge in [0.15, 0.2) is 6.29 Å². The molecule has 0 saturated carbocycles. The van der Waals surface area contributed by atoms with Crippen LogP contribution in [0.2, 0.25) is 5.02 Å². The summed E-state index contributed by atoms with van der Waals surface area (Å²) in [7, 11) is 1.66. The van der Waals surface area contributed by atoms with E-state index in [1.165, 1.54) is 23.1 Å². The van der Waals surface area contributed by atoms with Crippen LogP contribution in [-0.4, -0.2) is 62.4 Å². The van der Waals surface area contributed by atoms with Gasteiger partial charge in [-0.25, -0.2) is 9.67 Å². The smallest absolute Gasteiger partial charge is 0.184 e. The van der Waals surface area contributed by atoms with Crippen LogP contribution in [0, 0.1) is 0 Å². The molecule has 0 radical (unpaired) electrons. The summed E-state index contributed by atoms with van der Waals surface area (Å²) in [5.74, 6) is 0. The summed E-state index contributed by atoms with van der Waals surface area (Å²) in [6.45, 7) is 0.357. The quantitative estimate of drug-likeness (QED) is 0.345. The van der Waals surface area contributed by atoms with Gasteiger partial charge in [0.2, 0.25) is 0 Å². The number of thioether (sulfide) groups is 1. The molecule has 2 aliphatic rings. The van der Waals surface area contributed by atoms with E-state index >= 15 is 0 Å². The molecule has 36 heavy (non-hydrogen) atoms. The van der Waals surface area contributed by atoms with E-state index in [1.54, 1.807) is 25.7 Å². The highest BCUT2D eigenvalue weighted by Crippen LogP contribution is 2.44. The number of halogens is 1. The van der Waals surface area contributed by atoms with Crippen molar-refractivity contribution in [2.75, 3.05) is 13.7 Å². The highest BCUT2D eigenvalue weighted by atomic mass is 35.5. The number of ether oxygens (including phenoxy) is 4. The van der Waals surface area contributed by atoms with E-state index in [0.29, 0.717) is 17.3 Å². The number of fused-ring (bicyclic) bond motifs is 1. The van der Waals surface area contributed by atoms with Crippen LogP contribution in [0.1, 0.15) is 17.9 Å². The molecular weight excluding hydrogens is 522 g/mol. The van der Waals surface area contributed by atoms with Gasteiger partial charge in [0.25, 0.3) is 0 Å². The van der Waals surface area contributed by atoms with E-state index < -0.39 is 23.9 Å². The molecule has 5 heterocycles. The van der Waals surface area contributed by atoms with Crippen LogP contribution >= 0.6 is 34.7 Å². The van der Waals surface area contributed by atoms with Gasteiger partial charge in [-0.2, -0.15) is 0 Å². The lowest BCUT2D eigenvalue weighted by molar-refractivity contribution is -0.308. The van der Waals surface area contributed by atoms with Crippen molar-refractivity contribution in [3.63, 3.8) is 0 Å². The highest BCUT2D eigenvalue weighted by molar-refractivity contribution is 7.99. The molecule has 2 aliphatic heterocycles. The van der Waals surface area contributed by atoms with Crippen molar-refractivity contribution in [3.8, 4) is 10.7 Å². The molecule has 186 valence electrons. The second-order valence-corrected chi connectivity index (χ2v) is 10.8. The van der Waals surface area contributed by atoms with Gasteiger partial charge in [-0.1, -0.05) is 58.9 Å². The maximum absolute atomic E-state index is 6.52. The molecule has 2 saturated heterocycles. The Balaban J connectivity index is 1.35. The Kier molecular flexibility index (Phi) is 7.02. The number of pyridine rings is 1. The van der Waals surface area contributed by atoms with Crippen molar-refractivity contribution in [2.45, 2.75) is 41.0 Å². The largest absolute Gasteiger partial charge is 0.375 e. The van der Waals surface area contributed by atoms with Crippen LogP contribution < -0.4 is 0 Å². The topological polar surface area (TPSA) is 93.4 Å². The third kappa shape index (κ3) is 4.80. The van der Waals surface area contributed by atoms with Gasteiger partial charge < -0.3 is 18.9 Å². The summed E-state index contributed by atoms with van der Waals surface area (Å²) in [6, 6.07) is 11.4. The predicted molar refractivity (Wildman–Crippen MR) is 135 cm³/mol. The lowest BCUT2D eigenvalue weighted by Crippen LogP contribution is -2.59. The first-order valence-corrected chi connectivity index (χ1v) is 13.4. The molecule has 0 spiro atoms. The van der Waals surface area contributed by atoms with Crippen molar-refractivity contribution in [2.24, 2.45) is 0 Å². The number of methoxy groups -OCH3 is 1. The fourth-order valence-electron chi connectivity index (χ4n) is 4.45. The number of thiazole rings is 1. The van der Waals surface area contributed by atoms with Crippen LogP contribution in [0.25, 0.3) is 10.7 Å². The molecule has 4 aromatic rings. The maximum atomic E-state index is 6.52. The normalized spacial score (nSPS) is 28.1. The van der Waals surface area contributed by atoms with Crippen LogP contribution in [0.3, 0.4) is 0 Å². The second-order valence-electron chi connectivity index (χ2n) is 8.29. The first kappa shape index (κ1) is 24.0. The molecule has 0 bridgehead atoms. The van der Waals surface area contributed by atoms with Crippen LogP contribution in [0.15, 0.2) is 71.5 Å². The number of rotatable bonds is 6. The molecule has 2 fully saturated rings. The Hall–Kier alpha value is -2.38. The van der Waals surface area contributed by atoms with E-state index in [9.17, 15) is 0 Å². The third-order valence-corrected chi connectivity index (χ3v) is 8.16. The van der Waals surface area contributed by atoms with Crippen molar-refractivity contribution in [1.29, 1.82) is 0 Å². The maximum Gasteiger partial charge on any atom is 0.184 e. The number of hydrogen-bond donors (Lipinski definition) is 0. The first-order valence-electron chi connectivity index (χ1n) is 11.3. The molecule has 6 atom stereocenters. The van der Waals surface area contributed by atoms with Gasteiger partial charge in [0, 0.05) is 41.5 Å². The zero-order valence-electron chi connectivity index (χ0n) is 19.1. The Morgan fingerprint density at radius 1 is 1.19 bits per heavy atom. The first-order chi connectivity index (χ1) is 17.7. The Bertz CT molecular complexity index is 1290. The van der Waals surface area contributed by atoms with Crippen LogP contribution in [-0.2, 0) is 18.9 Å². The average Bonchev–Trinajstić information content (AvgIpc) is 3.61. The van der Waals surface area contributed by atoms with Gasteiger partial charge in [0.1, 0.15) is 40.5 Å². The molecule has 6 rings (SSSR count). The van der Waals surface area contributed by atoms with Gasteiger partial charge >= 0.3 is 0 Å². The lowest BCUT2D eigenvalue weighted by atomic mass is 9.96. The minimum atomic E-state index is -0.528. The molecule has 9 nitrogen and oxygen atoms in total. The van der Waals surface area contributed by atoms with Gasteiger partial charge in [0.05, 0.1) is 17.8 Å². The zero-order valence-corrected chi connectivity index (χ0v) is 21.5. The summed E-state index contributed by atoms with van der Waals surface area (Å²) in [5, 5.41) is 12.1. The SMILES string of the molecule is COC1C(Sc2cncc(Cl)c2)OC2COC(c3ccccc3)OC2C1n1cc(-c2nccs2)nn1. The summed E-state index contributed by atoms with van der Waals surface area (Å²) >= 11 is 9.18. The molecule has 12 heteroatoms. The molecular formula is C24H22ClN5O4S2. The summed E-state index contributed by atoms with van der Waals surface area (Å²) in [6.07, 6.45) is 5.30. The Labute approximate surface area is 220 Å². The van der Waals surface area contributed by atoms with Gasteiger partial charge in [-0.05, 0) is 6.07 Å². The fourth-order valence-corrected chi connectivity index (χ4v) is 6.47. The zero-order chi connectivity index (χ0) is 24.5. The summed E-state index contributed by atoms with van der Waals surface area (Å²) in [5.41, 5.74) is 1.24. The number of benzene rings is 1. The number of nitrogens with zero attached hydrogens (tertiary/aromatic N) is 5. The average molecular weight is 544 g/mol. The van der Waals surface area contributed by atoms with Crippen molar-refractivity contribution < 1.29 is 18.9 Å². The predicted octanol–water partition coefficient (Wildman–Crippen LogP) is 4.64. The molecule has 0 N–H and O–H groups in total. The van der Waals surface area contributed by atoms with Crippen molar-refractivity contribution in [3.05, 3.63) is 77.2 Å². The monoisotopic (exact) mass is 543 g/mol. The molecule has 6 unspecified atom stereocenters. The Morgan fingerprint density at radius 2 is 2.08 bits per heavy atom. The van der Waals surface area contributed by atoms with E-state index in [0.717, 1.165) is 15.5 Å². The van der Waals surface area contributed by atoms with Gasteiger partial charge in [-0.15, -0.1) is 16.4 Å². The summed E-state index contributed by atoms with van der Waals surface area (Å²) < 4.78 is 27.0. The number of aromatic nitrogens is 5. The van der Waals surface area contributed by atoms with Crippen LogP contribution in [0.5, 0.6) is 0 Å². The Morgan fingerprint density at radius 3 is 2.86 bits per heavy atom. The van der Waals surface area contributed by atoms with Crippen molar-refractivity contribution >= 4 is 34.7 Å². The second kappa shape index (κ2) is 10.5. The minimum Gasteiger partial charge on any atom is -0.375 e. The molecule has 0 amide bonds. The standard InChI is InChI=1S/C24H22ClN5O4S2/c1-31-21-19(30-12-17(28-29-30)22-27-7-8-35-22)20-18(13-32-23(34-20)14-5-3-2-4-6-14)33-24(21)36-16-9-15(25)10-26-11-16/h2-12,18-21,23-24H,13H2,1H3. The van der Waals surface area contributed by atoms with Gasteiger partial charge in [-0.3, -0.25) is 4.98 Å². The molecule has 0 aliphatic carbocycles. The fraction of sp³-hybridized carbons (Fsp3) is 0.333. The summed E-state index contributed by atoms with van der Waals surface area (Å²) in [4.78, 5) is 9.44. The van der Waals surface area contributed by atoms with E-state index in [2.05, 4.69) is 20.3 Å². The van der Waals surface area contributed by atoms with E-state index in [4.69, 9.17) is 30.5 Å².